The van der Waals surface area contributed by atoms with Crippen LogP contribution in [0.4, 0.5) is 5.69 Å². The molecule has 0 amide bonds. The van der Waals surface area contributed by atoms with Gasteiger partial charge in [-0.1, -0.05) is 95.8 Å². The second kappa shape index (κ2) is 9.98. The maximum atomic E-state index is 13.4. The number of hydrogen-bond acceptors (Lipinski definition) is 2. The maximum Gasteiger partial charge on any atom is 0.124 e. The first-order valence-electron chi connectivity index (χ1n) is 11.1. The van der Waals surface area contributed by atoms with Crippen LogP contribution < -0.4 is 21.2 Å². The number of hydrogen-bond donors (Lipinski definition) is 1. The molecule has 0 atom stereocenters. The molecule has 0 radical (unpaired) electrons. The van der Waals surface area contributed by atoms with Gasteiger partial charge in [0.05, 0.1) is 11.1 Å². The van der Waals surface area contributed by atoms with Gasteiger partial charge in [0.1, 0.15) is 23.2 Å². The Balaban J connectivity index is 2.05. The van der Waals surface area contributed by atoms with Gasteiger partial charge >= 0.3 is 0 Å². The molecule has 0 aliphatic heterocycles. The van der Waals surface area contributed by atoms with E-state index in [1.807, 2.05) is 60.7 Å². The second-order valence-electron chi connectivity index (χ2n) is 8.10. The first kappa shape index (κ1) is 22.7. The van der Waals surface area contributed by atoms with Gasteiger partial charge in [0.25, 0.3) is 0 Å². The van der Waals surface area contributed by atoms with Crippen molar-refractivity contribution in [3.63, 3.8) is 0 Å². The predicted molar refractivity (Wildman–Crippen MR) is 142 cm³/mol. The van der Waals surface area contributed by atoms with E-state index in [4.69, 9.17) is 0 Å². The number of allylic oxidation sites excluding steroid dienone is 1. The third-order valence-corrected chi connectivity index (χ3v) is 10.2. The molecule has 4 aromatic rings. The second-order valence-corrected chi connectivity index (χ2v) is 11.4. The molecule has 0 aromatic heterocycles. The van der Waals surface area contributed by atoms with E-state index in [1.165, 1.54) is 0 Å². The van der Waals surface area contributed by atoms with E-state index < -0.39 is 7.26 Å². The molecular formula is C30H28NOP. The van der Waals surface area contributed by atoms with Crippen molar-refractivity contribution in [2.24, 2.45) is 0 Å². The molecule has 0 aliphatic rings. The highest BCUT2D eigenvalue weighted by Crippen LogP contribution is 2.62. The van der Waals surface area contributed by atoms with Crippen LogP contribution in [0.1, 0.15) is 18.1 Å². The van der Waals surface area contributed by atoms with E-state index in [-0.39, 0.29) is 5.78 Å². The fourth-order valence-corrected chi connectivity index (χ4v) is 8.55. The van der Waals surface area contributed by atoms with Crippen LogP contribution in [0.15, 0.2) is 115 Å². The smallest absolute Gasteiger partial charge is 0.124 e. The van der Waals surface area contributed by atoms with Crippen LogP contribution in [0.25, 0.3) is 0 Å². The number of nitrogens with one attached hydrogen (secondary N) is 1. The molecule has 0 heterocycles. The van der Waals surface area contributed by atoms with Crippen molar-refractivity contribution in [2.75, 3.05) is 5.32 Å². The monoisotopic (exact) mass is 449 g/mol. The summed E-state index contributed by atoms with van der Waals surface area (Å²) in [6.07, 6.45) is 3.42. The summed E-state index contributed by atoms with van der Waals surface area (Å²) in [7, 11) is -2.49. The van der Waals surface area contributed by atoms with E-state index in [9.17, 15) is 4.79 Å². The Bertz CT molecular complexity index is 1150. The van der Waals surface area contributed by atoms with E-state index in [0.717, 1.165) is 32.7 Å². The molecule has 1 N–H and O–H groups in total. The number of Topliss-reactive ketones (excluding diaryl/α,β-unsaturated/α-hetero) is 1. The summed E-state index contributed by atoms with van der Waals surface area (Å²) in [5.41, 5.74) is 3.23. The Morgan fingerprint density at radius 1 is 0.636 bits per heavy atom. The number of para-hydroxylation sites is 1. The van der Waals surface area contributed by atoms with Gasteiger partial charge in [-0.25, -0.2) is 0 Å². The summed E-state index contributed by atoms with van der Waals surface area (Å²) in [6, 6.07) is 37.3. The van der Waals surface area contributed by atoms with Crippen molar-refractivity contribution < 1.29 is 4.79 Å². The van der Waals surface area contributed by atoms with Crippen molar-refractivity contribution in [1.82, 2.24) is 0 Å². The number of ketones is 1. The fraction of sp³-hybridized carbons (Fsp3) is 0.100. The molecule has 4 aromatic carbocycles. The SMILES string of the molecule is CC(=O)C(=[C-]Nc1c(C)cccc1C)[P+](c1ccccc1)(c1ccccc1)c1ccccc1. The van der Waals surface area contributed by atoms with Crippen molar-refractivity contribution in [2.45, 2.75) is 20.8 Å². The highest BCUT2D eigenvalue weighted by Gasteiger charge is 2.48. The van der Waals surface area contributed by atoms with Gasteiger partial charge in [0.15, 0.2) is 0 Å². The number of anilines is 1. The highest BCUT2D eigenvalue weighted by atomic mass is 31.2. The molecule has 164 valence electrons. The van der Waals surface area contributed by atoms with Gasteiger partial charge in [-0.15, -0.1) is 0 Å². The van der Waals surface area contributed by atoms with Gasteiger partial charge in [0.2, 0.25) is 0 Å². The normalized spacial score (nSPS) is 11.8. The molecule has 4 rings (SSSR count). The first-order valence-corrected chi connectivity index (χ1v) is 12.9. The van der Waals surface area contributed by atoms with Gasteiger partial charge in [-0.05, 0) is 57.2 Å². The summed E-state index contributed by atoms with van der Waals surface area (Å²) < 4.78 is 0. The van der Waals surface area contributed by atoms with Crippen molar-refractivity contribution in [3.05, 3.63) is 132 Å². The third kappa shape index (κ3) is 4.40. The van der Waals surface area contributed by atoms with Crippen LogP contribution >= 0.6 is 7.26 Å². The molecule has 2 nitrogen and oxygen atoms in total. The van der Waals surface area contributed by atoms with Crippen LogP contribution in [0.3, 0.4) is 0 Å². The number of rotatable bonds is 7. The van der Waals surface area contributed by atoms with Crippen LogP contribution in [-0.4, -0.2) is 5.78 Å². The molecular weight excluding hydrogens is 421 g/mol. The van der Waals surface area contributed by atoms with Gasteiger partial charge in [-0.2, -0.15) is 0 Å². The van der Waals surface area contributed by atoms with E-state index in [1.54, 1.807) is 6.92 Å². The fourth-order valence-electron chi connectivity index (χ4n) is 4.33. The van der Waals surface area contributed by atoms with Gasteiger partial charge in [-0.3, -0.25) is 0 Å². The number of aryl methyl sites for hydroxylation is 2. The number of carbonyl (C=O) groups is 1. The number of benzene rings is 4. The Kier molecular flexibility index (Phi) is 6.87. The lowest BCUT2D eigenvalue weighted by Crippen LogP contribution is -2.34. The Labute approximate surface area is 197 Å². The van der Waals surface area contributed by atoms with E-state index in [2.05, 4.69) is 73.9 Å². The molecule has 0 bridgehead atoms. The zero-order valence-electron chi connectivity index (χ0n) is 19.2. The Hall–Kier alpha value is -3.48. The van der Waals surface area contributed by atoms with Crippen molar-refractivity contribution >= 4 is 34.6 Å². The van der Waals surface area contributed by atoms with E-state index in [0.29, 0.717) is 5.31 Å². The molecule has 0 fully saturated rings. The van der Waals surface area contributed by atoms with Crippen molar-refractivity contribution in [1.29, 1.82) is 0 Å². The molecule has 0 unspecified atom stereocenters. The summed E-state index contributed by atoms with van der Waals surface area (Å²) in [6.45, 7) is 5.79. The molecule has 0 saturated heterocycles. The van der Waals surface area contributed by atoms with Crippen LogP contribution in [0.2, 0.25) is 0 Å². The Morgan fingerprint density at radius 2 is 1.03 bits per heavy atom. The molecule has 0 saturated carbocycles. The summed E-state index contributed by atoms with van der Waals surface area (Å²) in [4.78, 5) is 13.4. The topological polar surface area (TPSA) is 29.1 Å². The Morgan fingerprint density at radius 3 is 1.39 bits per heavy atom. The lowest BCUT2D eigenvalue weighted by Gasteiger charge is -2.32. The standard InChI is InChI=1S/C30H28NOP/c1-23-14-13-15-24(2)30(23)31-22-29(25(3)32)33(26-16-7-4-8-17-26,27-18-9-5-10-19-27)28-20-11-6-12-21-28/h4-21,31H,1-3H3. The maximum absolute atomic E-state index is 13.4. The zero-order chi connectivity index (χ0) is 23.3. The lowest BCUT2D eigenvalue weighted by molar-refractivity contribution is -0.113. The minimum atomic E-state index is -2.49. The van der Waals surface area contributed by atoms with Gasteiger partial charge < -0.3 is 10.1 Å². The lowest BCUT2D eigenvalue weighted by atomic mass is 10.1. The van der Waals surface area contributed by atoms with Crippen LogP contribution in [0, 0.1) is 20.0 Å². The number of carbonyl (C=O) groups excluding carboxylic acids is 1. The predicted octanol–water partition coefficient (Wildman–Crippen LogP) is 5.94. The summed E-state index contributed by atoms with van der Waals surface area (Å²) >= 11 is 0. The third-order valence-electron chi connectivity index (χ3n) is 5.89. The zero-order valence-corrected chi connectivity index (χ0v) is 20.1. The molecule has 3 heteroatoms. The summed E-state index contributed by atoms with van der Waals surface area (Å²) in [5.74, 6) is 0.0126. The van der Waals surface area contributed by atoms with E-state index >= 15 is 0 Å². The average Bonchev–Trinajstić information content (AvgIpc) is 2.85. The molecule has 0 spiro atoms. The quantitative estimate of drug-likeness (QED) is 0.164. The largest absolute Gasteiger partial charge is 0.464 e. The highest BCUT2D eigenvalue weighted by molar-refractivity contribution is 7.99. The van der Waals surface area contributed by atoms with Crippen molar-refractivity contribution in [3.8, 4) is 0 Å². The molecule has 33 heavy (non-hydrogen) atoms. The first-order chi connectivity index (χ1) is 16.0. The minimum Gasteiger partial charge on any atom is -0.464 e. The van der Waals surface area contributed by atoms with Crippen LogP contribution in [0.5, 0.6) is 0 Å². The average molecular weight is 450 g/mol. The summed E-state index contributed by atoms with van der Waals surface area (Å²) in [5, 5.41) is 7.46. The van der Waals surface area contributed by atoms with Gasteiger partial charge in [0, 0.05) is 0 Å². The minimum absolute atomic E-state index is 0.0126. The molecule has 0 aliphatic carbocycles. The van der Waals surface area contributed by atoms with Crippen LogP contribution in [-0.2, 0) is 4.79 Å².